The van der Waals surface area contributed by atoms with E-state index in [9.17, 15) is 22.5 Å². The number of hydrogen-bond donors (Lipinski definition) is 2. The van der Waals surface area contributed by atoms with Gasteiger partial charge in [0.1, 0.15) is 16.1 Å². The van der Waals surface area contributed by atoms with Crippen molar-refractivity contribution in [2.75, 3.05) is 0 Å². The summed E-state index contributed by atoms with van der Waals surface area (Å²) in [4.78, 5) is 11.0. The lowest BCUT2D eigenvalue weighted by Gasteiger charge is -2.34. The molecule has 1 aromatic rings. The Kier molecular flexibility index (Phi) is 5.53. The monoisotopic (exact) mass is 337 g/mol. The van der Waals surface area contributed by atoms with Crippen molar-refractivity contribution >= 4 is 17.3 Å². The van der Waals surface area contributed by atoms with Crippen molar-refractivity contribution in [3.05, 3.63) is 35.1 Å². The molecule has 0 saturated carbocycles. The maximum atomic E-state index is 14.0. The number of rotatable bonds is 5. The molecular formula is C14H18F3NO3S. The lowest BCUT2D eigenvalue weighted by atomic mass is 9.88. The number of aliphatic carboxylic acids is 1. The summed E-state index contributed by atoms with van der Waals surface area (Å²) in [6.07, 6.45) is -0.772. The van der Waals surface area contributed by atoms with Crippen molar-refractivity contribution in [2.24, 2.45) is 0 Å². The third kappa shape index (κ3) is 4.15. The number of halogens is 3. The molecule has 124 valence electrons. The molecule has 0 aliphatic heterocycles. The molecule has 8 heteroatoms. The Bertz CT molecular complexity index is 577. The van der Waals surface area contributed by atoms with Crippen molar-refractivity contribution in [2.45, 2.75) is 44.4 Å². The largest absolute Gasteiger partial charge is 0.598 e. The van der Waals surface area contributed by atoms with Gasteiger partial charge in [0.05, 0.1) is 12.0 Å². The molecule has 22 heavy (non-hydrogen) atoms. The number of nitrogens with one attached hydrogen (secondary N) is 1. The molecule has 0 fully saturated rings. The van der Waals surface area contributed by atoms with Crippen molar-refractivity contribution in [1.29, 1.82) is 0 Å². The van der Waals surface area contributed by atoms with Gasteiger partial charge in [-0.25, -0.2) is 13.2 Å². The van der Waals surface area contributed by atoms with E-state index < -0.39 is 57.1 Å². The van der Waals surface area contributed by atoms with Crippen LogP contribution in [0.2, 0.25) is 0 Å². The maximum absolute atomic E-state index is 14.0. The lowest BCUT2D eigenvalue weighted by molar-refractivity contribution is -0.138. The van der Waals surface area contributed by atoms with E-state index in [0.29, 0.717) is 12.1 Å². The Labute approximate surface area is 130 Å². The molecule has 0 aliphatic rings. The summed E-state index contributed by atoms with van der Waals surface area (Å²) in [5.74, 6) is -5.29. The highest BCUT2D eigenvalue weighted by Crippen LogP contribution is 2.33. The quantitative estimate of drug-likeness (QED) is 0.640. The van der Waals surface area contributed by atoms with Gasteiger partial charge in [0.25, 0.3) is 0 Å². The fourth-order valence-corrected chi connectivity index (χ4v) is 2.76. The van der Waals surface area contributed by atoms with Gasteiger partial charge in [-0.3, -0.25) is 4.79 Å². The first-order valence-corrected chi connectivity index (χ1v) is 7.59. The Morgan fingerprint density at radius 1 is 1.23 bits per heavy atom. The van der Waals surface area contributed by atoms with Gasteiger partial charge >= 0.3 is 5.97 Å². The molecule has 0 saturated heterocycles. The predicted octanol–water partition coefficient (Wildman–Crippen LogP) is 2.85. The van der Waals surface area contributed by atoms with Gasteiger partial charge in [0, 0.05) is 11.4 Å². The van der Waals surface area contributed by atoms with Crippen molar-refractivity contribution < 1.29 is 27.6 Å². The maximum Gasteiger partial charge on any atom is 0.305 e. The number of carbonyl (C=O) groups is 1. The summed E-state index contributed by atoms with van der Waals surface area (Å²) >= 11 is -1.82. The molecule has 0 heterocycles. The minimum atomic E-state index is -1.87. The molecule has 0 radical (unpaired) electrons. The summed E-state index contributed by atoms with van der Waals surface area (Å²) in [5.41, 5.74) is -2.66. The highest BCUT2D eigenvalue weighted by molar-refractivity contribution is 7.90. The number of carboxylic acids is 1. The summed E-state index contributed by atoms with van der Waals surface area (Å²) in [7, 11) is 0. The van der Waals surface area contributed by atoms with E-state index >= 15 is 0 Å². The highest BCUT2D eigenvalue weighted by Gasteiger charge is 2.42. The van der Waals surface area contributed by atoms with Gasteiger partial charge in [-0.2, -0.15) is 0 Å². The van der Waals surface area contributed by atoms with Crippen LogP contribution in [-0.2, 0) is 21.7 Å². The van der Waals surface area contributed by atoms with Crippen LogP contribution in [0.25, 0.3) is 0 Å². The Hall–Kier alpha value is -1.25. The van der Waals surface area contributed by atoms with E-state index in [-0.39, 0.29) is 0 Å². The molecule has 1 rings (SSSR count). The first kappa shape index (κ1) is 18.8. The zero-order valence-corrected chi connectivity index (χ0v) is 13.5. The van der Waals surface area contributed by atoms with Gasteiger partial charge in [0.15, 0.2) is 11.6 Å². The third-order valence-electron chi connectivity index (χ3n) is 2.97. The molecular weight excluding hydrogens is 319 g/mol. The molecule has 1 unspecified atom stereocenters. The zero-order valence-electron chi connectivity index (χ0n) is 12.7. The molecule has 0 aliphatic carbocycles. The molecule has 2 atom stereocenters. The molecule has 0 aromatic heterocycles. The first-order chi connectivity index (χ1) is 9.88. The van der Waals surface area contributed by atoms with E-state index in [1.165, 1.54) is 6.92 Å². The second-order valence-electron chi connectivity index (χ2n) is 6.10. The molecule has 4 nitrogen and oxygen atoms in total. The Balaban J connectivity index is 3.41. The topological polar surface area (TPSA) is 72.4 Å². The summed E-state index contributed by atoms with van der Waals surface area (Å²) in [6.45, 7) is 5.99. The van der Waals surface area contributed by atoms with Crippen LogP contribution in [-0.4, -0.2) is 20.4 Å². The lowest BCUT2D eigenvalue weighted by Crippen LogP contribution is -2.51. The zero-order chi connectivity index (χ0) is 17.3. The van der Waals surface area contributed by atoms with E-state index in [1.807, 2.05) is 0 Å². The van der Waals surface area contributed by atoms with Crippen molar-refractivity contribution in [1.82, 2.24) is 4.72 Å². The van der Waals surface area contributed by atoms with E-state index in [2.05, 4.69) is 4.72 Å². The fourth-order valence-electron chi connectivity index (χ4n) is 1.87. The van der Waals surface area contributed by atoms with Gasteiger partial charge < -0.3 is 9.66 Å². The van der Waals surface area contributed by atoms with Crippen LogP contribution in [0.15, 0.2) is 12.1 Å². The average Bonchev–Trinajstić information content (AvgIpc) is 2.31. The second-order valence-corrected chi connectivity index (χ2v) is 8.07. The van der Waals surface area contributed by atoms with Crippen LogP contribution >= 0.6 is 0 Å². The average molecular weight is 337 g/mol. The smallest absolute Gasteiger partial charge is 0.305 e. The van der Waals surface area contributed by atoms with Crippen LogP contribution in [0.1, 0.15) is 39.7 Å². The number of hydrogen-bond acceptors (Lipinski definition) is 3. The van der Waals surface area contributed by atoms with Crippen LogP contribution in [0.3, 0.4) is 0 Å². The fraction of sp³-hybridized carbons (Fsp3) is 0.500. The molecule has 1 aromatic carbocycles. The van der Waals surface area contributed by atoms with E-state index in [0.717, 1.165) is 0 Å². The Morgan fingerprint density at radius 2 is 1.73 bits per heavy atom. The summed E-state index contributed by atoms with van der Waals surface area (Å²) < 4.78 is 55.2. The summed E-state index contributed by atoms with van der Waals surface area (Å²) in [6, 6.07) is 1.31. The van der Waals surface area contributed by atoms with Gasteiger partial charge in [-0.15, -0.1) is 4.72 Å². The SMILES string of the molecule is CC(CC(=O)O)(N[S@+]([O-])C(C)(C)C)c1c(F)ccc(F)c1F. The third-order valence-corrected chi connectivity index (χ3v) is 4.72. The molecule has 0 bridgehead atoms. The minimum absolute atomic E-state index is 0.607. The molecule has 0 amide bonds. The molecule has 2 N–H and O–H groups in total. The highest BCUT2D eigenvalue weighted by atomic mass is 32.2. The number of benzene rings is 1. The molecule has 0 spiro atoms. The van der Waals surface area contributed by atoms with Crippen LogP contribution in [0.5, 0.6) is 0 Å². The van der Waals surface area contributed by atoms with E-state index in [1.54, 1.807) is 20.8 Å². The van der Waals surface area contributed by atoms with Crippen LogP contribution in [0.4, 0.5) is 13.2 Å². The predicted molar refractivity (Wildman–Crippen MR) is 77.0 cm³/mol. The first-order valence-electron chi connectivity index (χ1n) is 6.44. The normalized spacial score (nSPS) is 16.2. The van der Waals surface area contributed by atoms with Gasteiger partial charge in [-0.05, 0) is 39.8 Å². The van der Waals surface area contributed by atoms with Gasteiger partial charge in [-0.1, -0.05) is 0 Å². The second kappa shape index (κ2) is 6.47. The minimum Gasteiger partial charge on any atom is -0.598 e. The van der Waals surface area contributed by atoms with E-state index in [4.69, 9.17) is 5.11 Å². The number of carboxylic acid groups (broad SMARTS) is 1. The van der Waals surface area contributed by atoms with Crippen molar-refractivity contribution in [3.8, 4) is 0 Å². The van der Waals surface area contributed by atoms with Crippen molar-refractivity contribution in [3.63, 3.8) is 0 Å². The van der Waals surface area contributed by atoms with Crippen LogP contribution in [0, 0.1) is 17.5 Å². The standard InChI is InChI=1S/C14H18F3NO3S/c1-13(2,3)22(21)18-14(4,7-10(19)20)11-8(15)5-6-9(16)12(11)17/h5-6,18H,7H2,1-4H3,(H,19,20)/t14?,22-/m1/s1. The summed E-state index contributed by atoms with van der Waals surface area (Å²) in [5, 5.41) is 9.00. The van der Waals surface area contributed by atoms with Gasteiger partial charge in [0.2, 0.25) is 0 Å². The van der Waals surface area contributed by atoms with Crippen LogP contribution < -0.4 is 4.72 Å². The Morgan fingerprint density at radius 3 is 2.18 bits per heavy atom.